The molecule has 1 N–H and O–H groups in total. The summed E-state index contributed by atoms with van der Waals surface area (Å²) in [5, 5.41) is 5.98. The van der Waals surface area contributed by atoms with Crippen LogP contribution in [0, 0.1) is 29.4 Å². The Morgan fingerprint density at radius 3 is 2.47 bits per heavy atom. The van der Waals surface area contributed by atoms with Crippen molar-refractivity contribution in [3.63, 3.8) is 0 Å². The van der Waals surface area contributed by atoms with Gasteiger partial charge < -0.3 is 10.1 Å². The van der Waals surface area contributed by atoms with Gasteiger partial charge in [0.2, 0.25) is 11.8 Å². The molecule has 1 aromatic carbocycles. The zero-order valence-corrected chi connectivity index (χ0v) is 25.6. The molecular weight excluding hydrogens is 699 g/mol. The Morgan fingerprint density at radius 1 is 1.11 bits per heavy atom. The van der Waals surface area contributed by atoms with Crippen LogP contribution in [0.15, 0.2) is 65.3 Å². The fraction of sp³-hybridized carbons (Fsp3) is 0.250. The van der Waals surface area contributed by atoms with E-state index in [0.717, 1.165) is 18.2 Å². The van der Waals surface area contributed by atoms with Gasteiger partial charge in [-0.05, 0) is 64.2 Å². The maximum atomic E-state index is 15.2. The van der Waals surface area contributed by atoms with Gasteiger partial charge in [0.05, 0.1) is 24.8 Å². The lowest BCUT2D eigenvalue weighted by Crippen LogP contribution is -2.35. The molecule has 15 heteroatoms. The topological polar surface area (TPSA) is 81.9 Å². The molecule has 0 fully saturated rings. The van der Waals surface area contributed by atoms with Crippen LogP contribution < -0.4 is 10.1 Å². The third kappa shape index (κ3) is 6.34. The van der Waals surface area contributed by atoms with E-state index >= 15 is 8.78 Å². The molecule has 2 aliphatic rings. The summed E-state index contributed by atoms with van der Waals surface area (Å²) in [6.07, 6.45) is -1.41. The van der Waals surface area contributed by atoms with Gasteiger partial charge in [0.25, 0.3) is 5.92 Å². The van der Waals surface area contributed by atoms with Gasteiger partial charge in [-0.3, -0.25) is 9.48 Å². The molecule has 0 bridgehead atoms. The summed E-state index contributed by atoms with van der Waals surface area (Å²) in [5.41, 5.74) is -2.10. The maximum Gasteiger partial charge on any atom is 0.435 e. The summed E-state index contributed by atoms with van der Waals surface area (Å²) in [4.78, 5) is 22.0. The minimum Gasteiger partial charge on any atom is -0.481 e. The molecule has 1 amide bonds. The highest BCUT2D eigenvalue weighted by atomic mass is 79.9. The van der Waals surface area contributed by atoms with Crippen molar-refractivity contribution < 1.29 is 40.3 Å². The number of allylic oxidation sites excluding steroid dienone is 2. The lowest BCUT2D eigenvalue weighted by Gasteiger charge is -2.27. The predicted molar refractivity (Wildman–Crippen MR) is 156 cm³/mol. The van der Waals surface area contributed by atoms with Gasteiger partial charge in [0.1, 0.15) is 29.6 Å². The first-order chi connectivity index (χ1) is 22.2. The zero-order valence-electron chi connectivity index (χ0n) is 24.0. The first-order valence-corrected chi connectivity index (χ1v) is 14.7. The largest absolute Gasteiger partial charge is 0.481 e. The van der Waals surface area contributed by atoms with Crippen molar-refractivity contribution in [1.82, 2.24) is 25.1 Å². The molecule has 0 unspecified atom stereocenters. The average molecular weight is 720 g/mol. The predicted octanol–water partition coefficient (Wildman–Crippen LogP) is 6.62. The molecule has 7 nitrogen and oxygen atoms in total. The van der Waals surface area contributed by atoms with Crippen LogP contribution in [0.5, 0.6) is 5.88 Å². The van der Waals surface area contributed by atoms with E-state index in [1.54, 1.807) is 24.3 Å². The highest BCUT2D eigenvalue weighted by molar-refractivity contribution is 9.10. The first kappa shape index (κ1) is 32.2. The zero-order chi connectivity index (χ0) is 33.7. The van der Waals surface area contributed by atoms with E-state index in [2.05, 4.69) is 48.2 Å². The molecule has 0 saturated heterocycles. The van der Waals surface area contributed by atoms with Gasteiger partial charge >= 0.3 is 6.18 Å². The Balaban J connectivity index is 1.33. The van der Waals surface area contributed by atoms with E-state index in [1.807, 2.05) is 0 Å². The lowest BCUT2D eigenvalue weighted by atomic mass is 9.81. The molecule has 0 spiro atoms. The monoisotopic (exact) mass is 719 g/mol. The molecule has 3 heterocycles. The van der Waals surface area contributed by atoms with Crippen molar-refractivity contribution >= 4 is 21.8 Å². The van der Waals surface area contributed by atoms with Crippen LogP contribution in [0.4, 0.5) is 30.7 Å². The molecule has 0 aliphatic heterocycles. The van der Waals surface area contributed by atoms with Crippen molar-refractivity contribution in [2.75, 3.05) is 7.11 Å². The van der Waals surface area contributed by atoms with Crippen molar-refractivity contribution in [2.24, 2.45) is 5.92 Å². The Hall–Kier alpha value is -4.71. The number of hydrogen-bond donors (Lipinski definition) is 1. The molecule has 6 rings (SSSR count). The average Bonchev–Trinajstić information content (AvgIpc) is 3.41. The van der Waals surface area contributed by atoms with Crippen LogP contribution >= 0.6 is 15.9 Å². The van der Waals surface area contributed by atoms with Crippen molar-refractivity contribution in [2.45, 2.75) is 37.0 Å². The van der Waals surface area contributed by atoms with Gasteiger partial charge in [-0.15, -0.1) is 0 Å². The lowest BCUT2D eigenvalue weighted by molar-refractivity contribution is -0.142. The molecular formula is C32H21BrF7N5O2. The number of pyridine rings is 2. The number of carbonyl (C=O) groups is 1. The van der Waals surface area contributed by atoms with Crippen LogP contribution in [-0.4, -0.2) is 32.8 Å². The van der Waals surface area contributed by atoms with Crippen LogP contribution in [0.3, 0.4) is 0 Å². The Bertz CT molecular complexity index is 1940. The number of hydrogen-bond acceptors (Lipinski definition) is 5. The molecule has 47 heavy (non-hydrogen) atoms. The number of amides is 1. The van der Waals surface area contributed by atoms with Gasteiger partial charge in [0.15, 0.2) is 5.69 Å². The highest BCUT2D eigenvalue weighted by Gasteiger charge is 2.61. The summed E-state index contributed by atoms with van der Waals surface area (Å²) in [5.74, 6) is -2.99. The summed E-state index contributed by atoms with van der Waals surface area (Å²) in [7, 11) is 1.46. The van der Waals surface area contributed by atoms with Crippen LogP contribution in [0.25, 0.3) is 0 Å². The maximum absolute atomic E-state index is 15.2. The standard InChI is InChI=1S/C32H21BrF7N5O2/c1-47-26-9-3-16(14-41-26)2-4-20-5-8-23(33)28(42-20)24(12-17-10-18(34)13-19(35)11-17)43-25(46)15-45-30-27(29(44-45)32(38,39)40)21-6-7-22(21)31(30,36)37/h3,5-11,13-14,21-22,24H,12,15H2,1H3,(H,43,46)/t21-,22+,24-/m0/s1. The number of halogens is 8. The second-order valence-corrected chi connectivity index (χ2v) is 11.7. The fourth-order valence-corrected chi connectivity index (χ4v) is 6.12. The van der Waals surface area contributed by atoms with Crippen LogP contribution in [0.2, 0.25) is 0 Å². The number of nitrogens with one attached hydrogen (secondary N) is 1. The quantitative estimate of drug-likeness (QED) is 0.132. The van der Waals surface area contributed by atoms with Gasteiger partial charge in [0, 0.05) is 39.8 Å². The van der Waals surface area contributed by atoms with Crippen molar-refractivity contribution in [1.29, 1.82) is 0 Å². The molecule has 3 atom stereocenters. The third-order valence-corrected chi connectivity index (χ3v) is 8.38. The minimum atomic E-state index is -5.04. The summed E-state index contributed by atoms with van der Waals surface area (Å²) >= 11 is 3.36. The van der Waals surface area contributed by atoms with E-state index in [9.17, 15) is 26.7 Å². The number of rotatable bonds is 7. The number of aromatic nitrogens is 4. The van der Waals surface area contributed by atoms with Crippen LogP contribution in [0.1, 0.15) is 51.4 Å². The summed E-state index contributed by atoms with van der Waals surface area (Å²) in [6, 6.07) is 8.00. The van der Waals surface area contributed by atoms with E-state index in [0.29, 0.717) is 26.7 Å². The highest BCUT2D eigenvalue weighted by Crippen LogP contribution is 2.60. The number of nitrogens with zero attached hydrogens (tertiary/aromatic N) is 4. The molecule has 3 aromatic heterocycles. The van der Waals surface area contributed by atoms with Gasteiger partial charge in [-0.25, -0.2) is 18.7 Å². The summed E-state index contributed by atoms with van der Waals surface area (Å²) in [6.45, 7) is -0.997. The Labute approximate surface area is 271 Å². The number of ether oxygens (including phenoxy) is 1. The number of alkyl halides is 5. The first-order valence-electron chi connectivity index (χ1n) is 13.9. The molecule has 4 aromatic rings. The molecule has 242 valence electrons. The second kappa shape index (κ2) is 12.1. The number of methoxy groups -OCH3 is 1. The van der Waals surface area contributed by atoms with E-state index < -0.39 is 71.0 Å². The summed E-state index contributed by atoms with van der Waals surface area (Å²) < 4.78 is 106. The smallest absolute Gasteiger partial charge is 0.435 e. The van der Waals surface area contributed by atoms with Crippen molar-refractivity contribution in [3.8, 4) is 17.7 Å². The second-order valence-electron chi connectivity index (χ2n) is 10.8. The van der Waals surface area contributed by atoms with Gasteiger partial charge in [-0.2, -0.15) is 27.1 Å². The van der Waals surface area contributed by atoms with E-state index in [-0.39, 0.29) is 23.4 Å². The van der Waals surface area contributed by atoms with Gasteiger partial charge in [-0.1, -0.05) is 18.1 Å². The molecule has 0 saturated carbocycles. The van der Waals surface area contributed by atoms with Crippen molar-refractivity contribution in [3.05, 3.63) is 116 Å². The number of fused-ring (bicyclic) bond motifs is 3. The Kier molecular flexibility index (Phi) is 8.33. The third-order valence-electron chi connectivity index (χ3n) is 7.71. The number of carbonyl (C=O) groups excluding carboxylic acids is 1. The Morgan fingerprint density at radius 2 is 1.85 bits per heavy atom. The number of benzene rings is 1. The van der Waals surface area contributed by atoms with E-state index in [1.165, 1.54) is 19.4 Å². The SMILES string of the molecule is COc1ccc(C#Cc2ccc(Br)c([C@H](Cc3cc(F)cc(F)c3)NC(=O)Cn3nc(C(F)(F)F)c4c3C(F)(F)[C@@H]3C=C[C@H]43)n2)cn1. The van der Waals surface area contributed by atoms with E-state index in [4.69, 9.17) is 4.74 Å². The minimum absolute atomic E-state index is 0.107. The van der Waals surface area contributed by atoms with Crippen LogP contribution in [-0.2, 0) is 29.9 Å². The molecule has 0 radical (unpaired) electrons. The fourth-order valence-electron chi connectivity index (χ4n) is 5.62. The normalized spacial score (nSPS) is 18.0. The molecule has 2 aliphatic carbocycles.